The lowest BCUT2D eigenvalue weighted by molar-refractivity contribution is -0.167. The van der Waals surface area contributed by atoms with Crippen LogP contribution in [0, 0.1) is 5.92 Å². The van der Waals surface area contributed by atoms with Gasteiger partial charge < -0.3 is 20.4 Å². The minimum atomic E-state index is -2.17. The van der Waals surface area contributed by atoms with Crippen LogP contribution in [0.1, 0.15) is 46.9 Å². The fourth-order valence-corrected chi connectivity index (χ4v) is 9.77. The molecule has 6 nitrogen and oxygen atoms in total. The van der Waals surface area contributed by atoms with E-state index in [1.54, 1.807) is 0 Å². The van der Waals surface area contributed by atoms with E-state index in [9.17, 15) is 30.0 Å². The van der Waals surface area contributed by atoms with Crippen molar-refractivity contribution in [1.82, 2.24) is 0 Å². The fourth-order valence-electron chi connectivity index (χ4n) is 6.55. The number of aliphatic hydroxyl groups excluding tert-OH is 2. The van der Waals surface area contributed by atoms with Crippen LogP contribution in [0.5, 0.6) is 5.75 Å². The second kappa shape index (κ2) is 7.46. The minimum absolute atomic E-state index is 0.0713. The summed E-state index contributed by atoms with van der Waals surface area (Å²) in [6.45, 7) is 6.62. The van der Waals surface area contributed by atoms with Crippen molar-refractivity contribution in [3.05, 3.63) is 70.8 Å². The third kappa shape index (κ3) is 2.91. The molecule has 0 saturated heterocycles. The maximum atomic E-state index is 13.6. The lowest BCUT2D eigenvalue weighted by Gasteiger charge is -2.58. The Bertz CT molecular complexity index is 1230. The summed E-state index contributed by atoms with van der Waals surface area (Å²) in [6, 6.07) is 14.5. The molecule has 0 aromatic heterocycles. The highest BCUT2D eigenvalue weighted by Gasteiger charge is 2.63. The highest BCUT2D eigenvalue weighted by molar-refractivity contribution is 6.92. The Hall–Kier alpha value is -2.58. The molecule has 5 atom stereocenters. The maximum absolute atomic E-state index is 13.6. The molecule has 7 heteroatoms. The van der Waals surface area contributed by atoms with Crippen LogP contribution in [-0.2, 0) is 0 Å². The maximum Gasteiger partial charge on any atom is 0.196 e. The van der Waals surface area contributed by atoms with Crippen molar-refractivity contribution in [2.45, 2.75) is 62.1 Å². The van der Waals surface area contributed by atoms with E-state index in [1.165, 1.54) is 23.4 Å². The first kappa shape index (κ1) is 23.2. The van der Waals surface area contributed by atoms with Gasteiger partial charge in [-0.1, -0.05) is 67.7 Å². The zero-order valence-corrected chi connectivity index (χ0v) is 20.6. The van der Waals surface area contributed by atoms with Gasteiger partial charge in [-0.25, -0.2) is 0 Å². The van der Waals surface area contributed by atoms with E-state index < -0.39 is 43.4 Å². The number of aliphatic hydroxyl groups is 3. The Morgan fingerprint density at radius 2 is 1.62 bits per heavy atom. The van der Waals surface area contributed by atoms with Gasteiger partial charge in [0.2, 0.25) is 0 Å². The van der Waals surface area contributed by atoms with Crippen LogP contribution in [0.3, 0.4) is 0 Å². The number of ketones is 2. The standard InChI is InChI=1S/C27H30O6Si/c1-26(34(2,3)15-8-5-4-6-9-15)13-12-17-20-21(24(31)25(32)27(17,33)14-26)23(30)19-16(22(20)29)10-7-11-18(19)28/h4-11,17,24-25,28,31-33H,12-14H2,1-3H3/t17-,24+,25-,26-,27+/m0/s1. The van der Waals surface area contributed by atoms with Crippen molar-refractivity contribution in [2.75, 3.05) is 0 Å². The van der Waals surface area contributed by atoms with Crippen molar-refractivity contribution < 1.29 is 30.0 Å². The predicted molar refractivity (Wildman–Crippen MR) is 130 cm³/mol. The number of hydrogen-bond acceptors (Lipinski definition) is 6. The number of phenols is 1. The second-order valence-corrected chi connectivity index (χ2v) is 15.9. The number of benzene rings is 2. The van der Waals surface area contributed by atoms with Gasteiger partial charge in [0.15, 0.2) is 11.6 Å². The number of fused-ring (bicyclic) bond motifs is 3. The highest BCUT2D eigenvalue weighted by Crippen LogP contribution is 2.60. The van der Waals surface area contributed by atoms with E-state index in [4.69, 9.17) is 0 Å². The number of carbonyl (C=O) groups excluding carboxylic acids is 2. The Morgan fingerprint density at radius 1 is 0.941 bits per heavy atom. The first-order valence-electron chi connectivity index (χ1n) is 11.7. The molecule has 2 aromatic carbocycles. The number of Topliss-reactive ketones (excluding diaryl/α,β-unsaturated/α-hetero) is 2. The minimum Gasteiger partial charge on any atom is -0.507 e. The van der Waals surface area contributed by atoms with E-state index in [1.807, 2.05) is 18.2 Å². The number of rotatable bonds is 2. The molecule has 34 heavy (non-hydrogen) atoms. The first-order chi connectivity index (χ1) is 15.9. The second-order valence-electron chi connectivity index (χ2n) is 10.9. The Balaban J connectivity index is 1.62. The highest BCUT2D eigenvalue weighted by atomic mass is 28.3. The van der Waals surface area contributed by atoms with Crippen LogP contribution in [0.25, 0.3) is 0 Å². The number of hydrogen-bond donors (Lipinski definition) is 4. The molecule has 0 spiro atoms. The summed E-state index contributed by atoms with van der Waals surface area (Å²) < 4.78 is 0. The third-order valence-electron chi connectivity index (χ3n) is 9.01. The van der Waals surface area contributed by atoms with Crippen molar-refractivity contribution in [3.63, 3.8) is 0 Å². The van der Waals surface area contributed by atoms with Gasteiger partial charge in [-0.15, -0.1) is 0 Å². The van der Waals surface area contributed by atoms with Crippen LogP contribution in [0.15, 0.2) is 59.7 Å². The molecule has 5 rings (SSSR count). The average Bonchev–Trinajstić information content (AvgIpc) is 2.80. The lowest BCUT2D eigenvalue weighted by atomic mass is 9.57. The topological polar surface area (TPSA) is 115 Å². The fraction of sp³-hybridized carbons (Fsp3) is 0.407. The molecule has 3 aliphatic rings. The zero-order valence-electron chi connectivity index (χ0n) is 19.6. The predicted octanol–water partition coefficient (Wildman–Crippen LogP) is 2.71. The molecule has 1 saturated carbocycles. The van der Waals surface area contributed by atoms with E-state index in [0.717, 1.165) is 0 Å². The normalized spacial score (nSPS) is 33.3. The monoisotopic (exact) mass is 478 g/mol. The van der Waals surface area contributed by atoms with Gasteiger partial charge in [-0.3, -0.25) is 9.59 Å². The number of aromatic hydroxyl groups is 1. The van der Waals surface area contributed by atoms with Gasteiger partial charge in [-0.05, 0) is 30.4 Å². The van der Waals surface area contributed by atoms with Crippen LogP contribution < -0.4 is 5.19 Å². The van der Waals surface area contributed by atoms with Crippen molar-refractivity contribution >= 4 is 24.8 Å². The summed E-state index contributed by atoms with van der Waals surface area (Å²) in [6.07, 6.45) is -2.01. The summed E-state index contributed by atoms with van der Waals surface area (Å²) in [5.41, 5.74) is -1.94. The molecule has 1 fully saturated rings. The molecule has 0 unspecified atom stereocenters. The van der Waals surface area contributed by atoms with Gasteiger partial charge in [0.1, 0.15) is 23.6 Å². The molecule has 178 valence electrons. The van der Waals surface area contributed by atoms with Crippen LogP contribution in [0.4, 0.5) is 0 Å². The van der Waals surface area contributed by atoms with Gasteiger partial charge in [0.25, 0.3) is 0 Å². The summed E-state index contributed by atoms with van der Waals surface area (Å²) in [4.78, 5) is 26.9. The van der Waals surface area contributed by atoms with Gasteiger partial charge >= 0.3 is 0 Å². The molecule has 0 bridgehead atoms. The Morgan fingerprint density at radius 3 is 2.29 bits per heavy atom. The van der Waals surface area contributed by atoms with Crippen molar-refractivity contribution in [1.29, 1.82) is 0 Å². The SMILES string of the molecule is C[C@]1([Si](C)(C)c2ccccc2)CC[C@H]2C3=C(C(=O)c4c(O)cccc4C3=O)[C@@H](O)[C@H](O)[C@@]2(O)C1. The Labute approximate surface area is 199 Å². The molecule has 0 heterocycles. The number of carbonyl (C=O) groups is 2. The summed E-state index contributed by atoms with van der Waals surface area (Å²) in [5, 5.41) is 45.4. The average molecular weight is 479 g/mol. The van der Waals surface area contributed by atoms with Gasteiger partial charge in [0.05, 0.1) is 13.6 Å². The molecular formula is C27H30O6Si. The van der Waals surface area contributed by atoms with Crippen molar-refractivity contribution in [2.24, 2.45) is 5.92 Å². The molecule has 4 N–H and O–H groups in total. The van der Waals surface area contributed by atoms with Gasteiger partial charge in [0, 0.05) is 22.6 Å². The molecule has 2 aromatic rings. The molecule has 3 aliphatic carbocycles. The van der Waals surface area contributed by atoms with Crippen LogP contribution in [0.2, 0.25) is 18.1 Å². The Kier molecular flexibility index (Phi) is 5.08. The van der Waals surface area contributed by atoms with E-state index >= 15 is 0 Å². The zero-order chi connectivity index (χ0) is 24.6. The summed E-state index contributed by atoms with van der Waals surface area (Å²) >= 11 is 0. The third-order valence-corrected chi connectivity index (χ3v) is 14.2. The van der Waals surface area contributed by atoms with E-state index in [2.05, 4.69) is 32.2 Å². The van der Waals surface area contributed by atoms with E-state index in [-0.39, 0.29) is 39.5 Å². The molecule has 0 radical (unpaired) electrons. The van der Waals surface area contributed by atoms with Crippen molar-refractivity contribution in [3.8, 4) is 5.75 Å². The molecule has 0 amide bonds. The molecule has 0 aliphatic heterocycles. The largest absolute Gasteiger partial charge is 0.507 e. The summed E-state index contributed by atoms with van der Waals surface area (Å²) in [5.74, 6) is -2.25. The quantitative estimate of drug-likeness (QED) is 0.494. The smallest absolute Gasteiger partial charge is 0.196 e. The number of phenolic OH excluding ortho intramolecular Hbond substituents is 1. The van der Waals surface area contributed by atoms with E-state index in [0.29, 0.717) is 12.8 Å². The molecular weight excluding hydrogens is 448 g/mol. The first-order valence-corrected chi connectivity index (χ1v) is 14.7. The van der Waals surface area contributed by atoms with Crippen LogP contribution in [-0.4, -0.2) is 57.9 Å². The van der Waals surface area contributed by atoms with Gasteiger partial charge in [-0.2, -0.15) is 0 Å². The van der Waals surface area contributed by atoms with Crippen LogP contribution >= 0.6 is 0 Å². The summed E-state index contributed by atoms with van der Waals surface area (Å²) in [7, 11) is -2.17. The lowest BCUT2D eigenvalue weighted by Crippen LogP contribution is -2.66.